The molecule has 0 fully saturated rings. The van der Waals surface area contributed by atoms with Crippen LogP contribution in [0, 0.1) is 5.92 Å². The second-order valence-electron chi connectivity index (χ2n) is 5.00. The molecule has 0 aliphatic heterocycles. The maximum Gasteiger partial charge on any atom is 0.341 e. The Balaban J connectivity index is 2.82. The average molecular weight is 309 g/mol. The predicted octanol–water partition coefficient (Wildman–Crippen LogP) is 2.32. The van der Waals surface area contributed by atoms with Gasteiger partial charge in [-0.1, -0.05) is 20.3 Å². The van der Waals surface area contributed by atoms with Gasteiger partial charge >= 0.3 is 5.97 Å². The number of carbonyl (C=O) groups excluding carboxylic acids is 1. The number of hydrogen-bond donors (Lipinski definition) is 2. The van der Waals surface area contributed by atoms with E-state index in [2.05, 4.69) is 19.2 Å². The van der Waals surface area contributed by atoms with Crippen molar-refractivity contribution < 1.29 is 24.2 Å². The summed E-state index contributed by atoms with van der Waals surface area (Å²) >= 11 is 0. The molecule has 6 nitrogen and oxygen atoms in total. The largest absolute Gasteiger partial charge is 0.490 e. The summed E-state index contributed by atoms with van der Waals surface area (Å²) in [6.07, 6.45) is 0.993. The van der Waals surface area contributed by atoms with E-state index in [0.717, 1.165) is 6.42 Å². The molecule has 0 aliphatic rings. The lowest BCUT2D eigenvalue weighted by Gasteiger charge is -2.13. The third-order valence-electron chi connectivity index (χ3n) is 3.16. The molecule has 1 unspecified atom stereocenters. The molecule has 1 atom stereocenters. The number of rotatable bonds is 9. The van der Waals surface area contributed by atoms with E-state index >= 15 is 0 Å². The number of carbonyl (C=O) groups is 2. The number of carboxylic acids is 1. The van der Waals surface area contributed by atoms with Crippen LogP contribution in [-0.4, -0.2) is 36.7 Å². The molecule has 1 amide bonds. The smallest absolute Gasteiger partial charge is 0.341 e. The first-order valence-corrected chi connectivity index (χ1v) is 7.37. The number of hydrogen-bond acceptors (Lipinski definition) is 4. The van der Waals surface area contributed by atoms with Crippen LogP contribution < -0.4 is 14.8 Å². The number of nitrogens with one attached hydrogen (secondary N) is 1. The van der Waals surface area contributed by atoms with Crippen molar-refractivity contribution in [3.05, 3.63) is 23.8 Å². The highest BCUT2D eigenvalue weighted by Crippen LogP contribution is 2.28. The highest BCUT2D eigenvalue weighted by Gasteiger charge is 2.13. The third-order valence-corrected chi connectivity index (χ3v) is 3.16. The van der Waals surface area contributed by atoms with Gasteiger partial charge in [0.15, 0.2) is 18.1 Å². The lowest BCUT2D eigenvalue weighted by Crippen LogP contribution is -2.28. The van der Waals surface area contributed by atoms with Gasteiger partial charge in [0.1, 0.15) is 0 Å². The zero-order chi connectivity index (χ0) is 16.5. The van der Waals surface area contributed by atoms with E-state index in [4.69, 9.17) is 14.6 Å². The minimum atomic E-state index is -1.07. The molecule has 1 aromatic rings. The van der Waals surface area contributed by atoms with E-state index in [9.17, 15) is 9.59 Å². The number of carboxylic acid groups (broad SMARTS) is 1. The van der Waals surface area contributed by atoms with Gasteiger partial charge in [-0.25, -0.2) is 4.79 Å². The summed E-state index contributed by atoms with van der Waals surface area (Å²) in [6, 6.07) is 4.70. The molecule has 2 N–H and O–H groups in total. The van der Waals surface area contributed by atoms with Gasteiger partial charge in [0.2, 0.25) is 0 Å². The molecule has 0 bridgehead atoms. The summed E-state index contributed by atoms with van der Waals surface area (Å²) in [6.45, 7) is 6.47. The van der Waals surface area contributed by atoms with Crippen LogP contribution in [0.3, 0.4) is 0 Å². The highest BCUT2D eigenvalue weighted by atomic mass is 16.5. The average Bonchev–Trinajstić information content (AvgIpc) is 2.51. The first kappa shape index (κ1) is 17.8. The first-order chi connectivity index (χ1) is 10.5. The zero-order valence-corrected chi connectivity index (χ0v) is 13.2. The Bertz CT molecular complexity index is 515. The standard InChI is InChI=1S/C16H23NO5/c1-4-11(3)9-17-16(20)12-6-7-13(22-10-15(18)19)14(8-12)21-5-2/h6-8,11H,4-5,9-10H2,1-3H3,(H,17,20)(H,18,19). The summed E-state index contributed by atoms with van der Waals surface area (Å²) in [5.41, 5.74) is 0.453. The first-order valence-electron chi connectivity index (χ1n) is 7.37. The Morgan fingerprint density at radius 3 is 2.55 bits per heavy atom. The molecule has 6 heteroatoms. The molecular formula is C16H23NO5. The van der Waals surface area contributed by atoms with Crippen LogP contribution >= 0.6 is 0 Å². The molecule has 0 saturated heterocycles. The van der Waals surface area contributed by atoms with E-state index in [-0.39, 0.29) is 5.91 Å². The van der Waals surface area contributed by atoms with E-state index in [1.807, 2.05) is 0 Å². The Morgan fingerprint density at radius 1 is 1.23 bits per heavy atom. The van der Waals surface area contributed by atoms with Crippen molar-refractivity contribution in [1.82, 2.24) is 5.32 Å². The molecule has 0 heterocycles. The Labute approximate surface area is 130 Å². The van der Waals surface area contributed by atoms with Gasteiger partial charge in [-0.15, -0.1) is 0 Å². The van der Waals surface area contributed by atoms with Crippen molar-refractivity contribution in [2.75, 3.05) is 19.8 Å². The van der Waals surface area contributed by atoms with Gasteiger partial charge in [0.05, 0.1) is 6.61 Å². The third kappa shape index (κ3) is 5.63. The van der Waals surface area contributed by atoms with Crippen molar-refractivity contribution in [1.29, 1.82) is 0 Å². The number of benzene rings is 1. The summed E-state index contributed by atoms with van der Waals surface area (Å²) in [5.74, 6) is -0.181. The lowest BCUT2D eigenvalue weighted by atomic mass is 10.1. The van der Waals surface area contributed by atoms with Gasteiger partial charge in [0.25, 0.3) is 5.91 Å². The second kappa shape index (κ2) is 8.92. The predicted molar refractivity (Wildman–Crippen MR) is 82.5 cm³/mol. The van der Waals surface area contributed by atoms with Crippen LogP contribution in [0.1, 0.15) is 37.6 Å². The Kier molecular flexibility index (Phi) is 7.22. The topological polar surface area (TPSA) is 84.9 Å². The molecule has 1 rings (SSSR count). The summed E-state index contributed by atoms with van der Waals surface area (Å²) < 4.78 is 10.6. The van der Waals surface area contributed by atoms with Gasteiger partial charge < -0.3 is 19.9 Å². The van der Waals surface area contributed by atoms with Gasteiger partial charge in [-0.2, -0.15) is 0 Å². The van der Waals surface area contributed by atoms with Crippen molar-refractivity contribution in [2.24, 2.45) is 5.92 Å². The van der Waals surface area contributed by atoms with E-state index in [1.54, 1.807) is 25.1 Å². The fraction of sp³-hybridized carbons (Fsp3) is 0.500. The summed E-state index contributed by atoms with van der Waals surface area (Å²) in [7, 11) is 0. The zero-order valence-electron chi connectivity index (χ0n) is 13.2. The molecule has 22 heavy (non-hydrogen) atoms. The van der Waals surface area contributed by atoms with Gasteiger partial charge in [-0.05, 0) is 31.0 Å². The number of ether oxygens (including phenoxy) is 2. The van der Waals surface area contributed by atoms with E-state index < -0.39 is 12.6 Å². The number of amides is 1. The number of aliphatic carboxylic acids is 1. The normalized spacial score (nSPS) is 11.6. The Morgan fingerprint density at radius 2 is 1.95 bits per heavy atom. The Hall–Kier alpha value is -2.24. The molecule has 122 valence electrons. The minimum absolute atomic E-state index is 0.189. The molecule has 0 aromatic heterocycles. The molecular weight excluding hydrogens is 286 g/mol. The van der Waals surface area contributed by atoms with Crippen molar-refractivity contribution >= 4 is 11.9 Å². The van der Waals surface area contributed by atoms with Crippen LogP contribution in [0.2, 0.25) is 0 Å². The summed E-state index contributed by atoms with van der Waals surface area (Å²) in [4.78, 5) is 22.7. The monoisotopic (exact) mass is 309 g/mol. The quantitative estimate of drug-likeness (QED) is 0.731. The minimum Gasteiger partial charge on any atom is -0.490 e. The van der Waals surface area contributed by atoms with Crippen LogP contribution in [0.4, 0.5) is 0 Å². The van der Waals surface area contributed by atoms with Gasteiger partial charge in [-0.3, -0.25) is 4.79 Å². The van der Waals surface area contributed by atoms with E-state index in [0.29, 0.717) is 36.1 Å². The lowest BCUT2D eigenvalue weighted by molar-refractivity contribution is -0.139. The maximum absolute atomic E-state index is 12.1. The molecule has 0 radical (unpaired) electrons. The fourth-order valence-electron chi connectivity index (χ4n) is 1.69. The van der Waals surface area contributed by atoms with Crippen LogP contribution in [-0.2, 0) is 4.79 Å². The second-order valence-corrected chi connectivity index (χ2v) is 5.00. The highest BCUT2D eigenvalue weighted by molar-refractivity contribution is 5.94. The van der Waals surface area contributed by atoms with Crippen LogP contribution in [0.15, 0.2) is 18.2 Å². The molecule has 0 spiro atoms. The SMILES string of the molecule is CCOc1cc(C(=O)NCC(C)CC)ccc1OCC(=O)O. The summed E-state index contributed by atoms with van der Waals surface area (Å²) in [5, 5.41) is 11.5. The molecule has 0 saturated carbocycles. The van der Waals surface area contributed by atoms with Gasteiger partial charge in [0, 0.05) is 12.1 Å². The van der Waals surface area contributed by atoms with Crippen LogP contribution in [0.5, 0.6) is 11.5 Å². The van der Waals surface area contributed by atoms with Crippen molar-refractivity contribution in [3.8, 4) is 11.5 Å². The maximum atomic E-state index is 12.1. The van der Waals surface area contributed by atoms with Crippen LogP contribution in [0.25, 0.3) is 0 Å². The molecule has 0 aliphatic carbocycles. The molecule has 1 aromatic carbocycles. The van der Waals surface area contributed by atoms with E-state index in [1.165, 1.54) is 0 Å². The fourth-order valence-corrected chi connectivity index (χ4v) is 1.69. The van der Waals surface area contributed by atoms with Crippen molar-refractivity contribution in [2.45, 2.75) is 27.2 Å². The van der Waals surface area contributed by atoms with Crippen molar-refractivity contribution in [3.63, 3.8) is 0 Å².